The van der Waals surface area contributed by atoms with E-state index in [1.165, 1.54) is 0 Å². The molecule has 0 aliphatic heterocycles. The largest absolute Gasteiger partial charge is 0.338 e. The van der Waals surface area contributed by atoms with Crippen molar-refractivity contribution >= 4 is 40.1 Å². The Morgan fingerprint density at radius 3 is 1.90 bits per heavy atom. The molecule has 0 aromatic heterocycles. The van der Waals surface area contributed by atoms with Gasteiger partial charge in [0.25, 0.3) is 0 Å². The quantitative estimate of drug-likeness (QED) is 0.511. The first-order valence-electron chi connectivity index (χ1n) is 2.98. The van der Waals surface area contributed by atoms with Crippen molar-refractivity contribution < 1.29 is 4.79 Å². The minimum absolute atomic E-state index is 0.0168. The third-order valence-electron chi connectivity index (χ3n) is 1.05. The summed E-state index contributed by atoms with van der Waals surface area (Å²) in [6.07, 6.45) is 0. The molecule has 0 saturated heterocycles. The average molecular weight is 197 g/mol. The van der Waals surface area contributed by atoms with Gasteiger partial charge in [-0.3, -0.25) is 4.79 Å². The van der Waals surface area contributed by atoms with Crippen molar-refractivity contribution in [1.82, 2.24) is 4.90 Å². The van der Waals surface area contributed by atoms with Gasteiger partial charge in [-0.2, -0.15) is 25.3 Å². The number of carbonyl (C=O) groups is 1. The SMILES string of the molecule is O=C(P)N(CCS)CCS. The minimum atomic E-state index is 0.0168. The summed E-state index contributed by atoms with van der Waals surface area (Å²) in [5, 5.41) is 0. The van der Waals surface area contributed by atoms with E-state index in [1.807, 2.05) is 0 Å². The van der Waals surface area contributed by atoms with E-state index in [-0.39, 0.29) is 5.65 Å². The lowest BCUT2D eigenvalue weighted by molar-refractivity contribution is 0.229. The van der Waals surface area contributed by atoms with Crippen LogP contribution in [0, 0.1) is 0 Å². The number of nitrogens with zero attached hydrogens (tertiary/aromatic N) is 1. The van der Waals surface area contributed by atoms with Gasteiger partial charge in [0.05, 0.1) is 0 Å². The summed E-state index contributed by atoms with van der Waals surface area (Å²) < 4.78 is 0. The molecule has 1 atom stereocenters. The minimum Gasteiger partial charge on any atom is -0.338 e. The molecule has 60 valence electrons. The van der Waals surface area contributed by atoms with Crippen LogP contribution >= 0.6 is 34.5 Å². The van der Waals surface area contributed by atoms with Gasteiger partial charge in [-0.15, -0.1) is 0 Å². The van der Waals surface area contributed by atoms with Crippen LogP contribution in [0.4, 0.5) is 4.79 Å². The molecule has 0 radical (unpaired) electrons. The van der Waals surface area contributed by atoms with Gasteiger partial charge in [0, 0.05) is 24.6 Å². The zero-order valence-corrected chi connectivity index (χ0v) is 8.60. The number of hydrogen-bond donors (Lipinski definition) is 2. The second-order valence-electron chi connectivity index (χ2n) is 1.77. The van der Waals surface area contributed by atoms with Gasteiger partial charge in [0.15, 0.2) is 0 Å². The monoisotopic (exact) mass is 197 g/mol. The number of amides is 1. The standard InChI is InChI=1S/C5H12NOPS2/c7-5(8)6(1-3-9)2-4-10/h9-10H,1-4,8H2. The van der Waals surface area contributed by atoms with Crippen LogP contribution in [-0.4, -0.2) is 35.1 Å². The first-order chi connectivity index (χ1) is 4.72. The van der Waals surface area contributed by atoms with Gasteiger partial charge in [0.1, 0.15) is 0 Å². The predicted molar refractivity (Wildman–Crippen MR) is 54.4 cm³/mol. The zero-order valence-electron chi connectivity index (χ0n) is 5.66. The van der Waals surface area contributed by atoms with Crippen molar-refractivity contribution in [2.45, 2.75) is 0 Å². The molecule has 0 saturated carbocycles. The molecule has 0 aromatic rings. The molecule has 2 nitrogen and oxygen atoms in total. The second-order valence-corrected chi connectivity index (χ2v) is 3.16. The Morgan fingerprint density at radius 2 is 1.70 bits per heavy atom. The van der Waals surface area contributed by atoms with Crippen LogP contribution < -0.4 is 0 Å². The van der Waals surface area contributed by atoms with Crippen LogP contribution in [0.15, 0.2) is 0 Å². The van der Waals surface area contributed by atoms with E-state index in [1.54, 1.807) is 4.90 Å². The van der Waals surface area contributed by atoms with Gasteiger partial charge < -0.3 is 4.90 Å². The summed E-state index contributed by atoms with van der Waals surface area (Å²) in [6, 6.07) is 0. The molecule has 10 heavy (non-hydrogen) atoms. The Morgan fingerprint density at radius 1 is 1.30 bits per heavy atom. The Hall–Kier alpha value is 0.600. The average Bonchev–Trinajstić information content (AvgIpc) is 1.87. The van der Waals surface area contributed by atoms with Crippen LogP contribution in [0.2, 0.25) is 0 Å². The second kappa shape index (κ2) is 6.32. The van der Waals surface area contributed by atoms with Crippen LogP contribution in [0.3, 0.4) is 0 Å². The molecule has 0 aromatic carbocycles. The first-order valence-corrected chi connectivity index (χ1v) is 4.82. The fourth-order valence-corrected chi connectivity index (χ4v) is 1.31. The molecule has 0 aliphatic carbocycles. The van der Waals surface area contributed by atoms with E-state index in [2.05, 4.69) is 34.5 Å². The van der Waals surface area contributed by atoms with E-state index in [0.717, 1.165) is 0 Å². The Labute approximate surface area is 74.8 Å². The molecular weight excluding hydrogens is 185 g/mol. The molecule has 1 amide bonds. The van der Waals surface area contributed by atoms with Gasteiger partial charge >= 0.3 is 0 Å². The zero-order chi connectivity index (χ0) is 7.98. The molecule has 0 fully saturated rings. The van der Waals surface area contributed by atoms with E-state index >= 15 is 0 Å². The van der Waals surface area contributed by atoms with Crippen LogP contribution in [0.1, 0.15) is 0 Å². The van der Waals surface area contributed by atoms with Crippen LogP contribution in [-0.2, 0) is 0 Å². The molecule has 0 bridgehead atoms. The maximum absolute atomic E-state index is 10.7. The first kappa shape index (κ1) is 10.6. The van der Waals surface area contributed by atoms with Crippen molar-refractivity contribution in [3.05, 3.63) is 0 Å². The van der Waals surface area contributed by atoms with E-state index < -0.39 is 0 Å². The molecule has 0 N–H and O–H groups in total. The highest BCUT2D eigenvalue weighted by atomic mass is 32.1. The molecule has 0 heterocycles. The third kappa shape index (κ3) is 4.42. The highest BCUT2D eigenvalue weighted by Crippen LogP contribution is 1.99. The Kier molecular flexibility index (Phi) is 6.70. The third-order valence-corrected chi connectivity index (χ3v) is 1.82. The van der Waals surface area contributed by atoms with Crippen LogP contribution in [0.5, 0.6) is 0 Å². The predicted octanol–water partition coefficient (Wildman–Crippen LogP) is 1.14. The van der Waals surface area contributed by atoms with Crippen molar-refractivity contribution in [3.8, 4) is 0 Å². The fraction of sp³-hybridized carbons (Fsp3) is 0.800. The lowest BCUT2D eigenvalue weighted by atomic mass is 10.6. The summed E-state index contributed by atoms with van der Waals surface area (Å²) in [5.74, 6) is 1.40. The summed E-state index contributed by atoms with van der Waals surface area (Å²) in [5.41, 5.74) is 0.0168. The molecule has 5 heteroatoms. The highest BCUT2D eigenvalue weighted by molar-refractivity contribution is 7.80. The highest BCUT2D eigenvalue weighted by Gasteiger charge is 2.04. The van der Waals surface area contributed by atoms with Gasteiger partial charge in [-0.1, -0.05) is 0 Å². The van der Waals surface area contributed by atoms with E-state index in [0.29, 0.717) is 24.6 Å². The molecular formula is C5H12NOPS2. The Balaban J connectivity index is 3.61. The van der Waals surface area contributed by atoms with Crippen molar-refractivity contribution in [2.75, 3.05) is 24.6 Å². The number of thiol groups is 2. The summed E-state index contributed by atoms with van der Waals surface area (Å²) in [4.78, 5) is 12.4. The summed E-state index contributed by atoms with van der Waals surface area (Å²) >= 11 is 8.04. The topological polar surface area (TPSA) is 20.3 Å². The Bertz CT molecular complexity index is 106. The van der Waals surface area contributed by atoms with E-state index in [4.69, 9.17) is 0 Å². The molecule has 0 rings (SSSR count). The van der Waals surface area contributed by atoms with Crippen molar-refractivity contribution in [2.24, 2.45) is 0 Å². The van der Waals surface area contributed by atoms with Gasteiger partial charge in [-0.25, -0.2) is 0 Å². The molecule has 0 spiro atoms. The number of rotatable bonds is 4. The van der Waals surface area contributed by atoms with Crippen molar-refractivity contribution in [3.63, 3.8) is 0 Å². The smallest absolute Gasteiger partial charge is 0.237 e. The van der Waals surface area contributed by atoms with Crippen molar-refractivity contribution in [1.29, 1.82) is 0 Å². The van der Waals surface area contributed by atoms with E-state index in [9.17, 15) is 4.79 Å². The summed E-state index contributed by atoms with van der Waals surface area (Å²) in [7, 11) is 2.14. The lowest BCUT2D eigenvalue weighted by Crippen LogP contribution is -2.29. The number of hydrogen-bond acceptors (Lipinski definition) is 3. The van der Waals surface area contributed by atoms with Gasteiger partial charge in [-0.05, 0) is 9.24 Å². The number of carbonyl (C=O) groups excluding carboxylic acids is 1. The molecule has 1 unspecified atom stereocenters. The maximum Gasteiger partial charge on any atom is 0.237 e. The maximum atomic E-state index is 10.7. The van der Waals surface area contributed by atoms with Gasteiger partial charge in [0.2, 0.25) is 5.65 Å². The fourth-order valence-electron chi connectivity index (χ4n) is 0.574. The molecule has 0 aliphatic rings. The normalized spacial score (nSPS) is 9.50. The van der Waals surface area contributed by atoms with Crippen LogP contribution in [0.25, 0.3) is 0 Å². The lowest BCUT2D eigenvalue weighted by Gasteiger charge is -2.17. The summed E-state index contributed by atoms with van der Waals surface area (Å²) in [6.45, 7) is 1.40.